The number of halogens is 3. The quantitative estimate of drug-likeness (QED) is 0.654. The summed E-state index contributed by atoms with van der Waals surface area (Å²) in [6, 6.07) is -1.51. The highest BCUT2D eigenvalue weighted by atomic mass is 32.2. The molecule has 8 heteroatoms. The van der Waals surface area contributed by atoms with E-state index in [9.17, 15) is 22.8 Å². The number of amides is 3. The van der Waals surface area contributed by atoms with E-state index in [1.807, 2.05) is 0 Å². The average Bonchev–Trinajstić information content (AvgIpc) is 2.43. The SMILES string of the molecule is O=C1C2CSCCN2C(=O)N1CC(F)(F)F. The van der Waals surface area contributed by atoms with Crippen LogP contribution in [0.15, 0.2) is 0 Å². The largest absolute Gasteiger partial charge is 0.406 e. The van der Waals surface area contributed by atoms with Crippen LogP contribution in [0.4, 0.5) is 18.0 Å². The first-order valence-electron chi connectivity index (χ1n) is 4.66. The maximum atomic E-state index is 12.2. The predicted octanol–water partition coefficient (Wildman–Crippen LogP) is 0.928. The number of nitrogens with zero attached hydrogens (tertiary/aromatic N) is 2. The lowest BCUT2D eigenvalue weighted by Crippen LogP contribution is -2.41. The Bertz CT molecular complexity index is 310. The van der Waals surface area contributed by atoms with Gasteiger partial charge in [-0.3, -0.25) is 9.69 Å². The number of rotatable bonds is 1. The van der Waals surface area contributed by atoms with Gasteiger partial charge in [-0.05, 0) is 0 Å². The Morgan fingerprint density at radius 1 is 1.38 bits per heavy atom. The van der Waals surface area contributed by atoms with Crippen LogP contribution in [0.2, 0.25) is 0 Å². The second-order valence-electron chi connectivity index (χ2n) is 3.61. The molecular weight excluding hydrogens is 245 g/mol. The van der Waals surface area contributed by atoms with Crippen LogP contribution in [-0.4, -0.2) is 58.6 Å². The minimum Gasteiger partial charge on any atom is -0.311 e. The topological polar surface area (TPSA) is 40.6 Å². The minimum absolute atomic E-state index is 0.302. The number of alkyl halides is 3. The summed E-state index contributed by atoms with van der Waals surface area (Å²) in [5.41, 5.74) is 0. The minimum atomic E-state index is -4.53. The van der Waals surface area contributed by atoms with E-state index >= 15 is 0 Å². The summed E-state index contributed by atoms with van der Waals surface area (Å²) < 4.78 is 36.5. The third-order valence-electron chi connectivity index (χ3n) is 2.49. The summed E-state index contributed by atoms with van der Waals surface area (Å²) in [6.45, 7) is -1.14. The molecule has 1 atom stereocenters. The Kier molecular flexibility index (Phi) is 2.77. The van der Waals surface area contributed by atoms with Crippen molar-refractivity contribution in [2.45, 2.75) is 12.2 Å². The van der Waals surface area contributed by atoms with Crippen LogP contribution in [-0.2, 0) is 4.79 Å². The van der Waals surface area contributed by atoms with Gasteiger partial charge in [-0.25, -0.2) is 4.79 Å². The molecular formula is C8H9F3N2O2S. The standard InChI is InChI=1S/C8H9F3N2O2S/c9-8(10,11)4-13-6(14)5-3-16-2-1-12(5)7(13)15/h5H,1-4H2. The Morgan fingerprint density at radius 2 is 2.06 bits per heavy atom. The van der Waals surface area contributed by atoms with Crippen molar-refractivity contribution < 1.29 is 22.8 Å². The molecule has 0 saturated carbocycles. The highest BCUT2D eigenvalue weighted by Crippen LogP contribution is 2.28. The van der Waals surface area contributed by atoms with Crippen LogP contribution in [0.5, 0.6) is 0 Å². The highest BCUT2D eigenvalue weighted by molar-refractivity contribution is 7.99. The molecule has 0 aliphatic carbocycles. The zero-order chi connectivity index (χ0) is 11.9. The molecule has 1 unspecified atom stereocenters. The summed E-state index contributed by atoms with van der Waals surface area (Å²) in [5, 5.41) is 0. The van der Waals surface area contributed by atoms with Gasteiger partial charge in [0.25, 0.3) is 5.91 Å². The molecule has 0 N–H and O–H groups in total. The predicted molar refractivity (Wildman–Crippen MR) is 51.0 cm³/mol. The van der Waals surface area contributed by atoms with Crippen LogP contribution < -0.4 is 0 Å². The van der Waals surface area contributed by atoms with E-state index in [0.29, 0.717) is 23.0 Å². The Labute approximate surface area is 93.7 Å². The molecule has 0 aromatic rings. The van der Waals surface area contributed by atoms with Crippen LogP contribution in [0.3, 0.4) is 0 Å². The Balaban J connectivity index is 2.15. The van der Waals surface area contributed by atoms with Gasteiger partial charge in [0.15, 0.2) is 0 Å². The average molecular weight is 254 g/mol. The van der Waals surface area contributed by atoms with Gasteiger partial charge in [0.1, 0.15) is 12.6 Å². The number of thioether (sulfide) groups is 1. The second kappa shape index (κ2) is 3.83. The fraction of sp³-hybridized carbons (Fsp3) is 0.750. The monoisotopic (exact) mass is 254 g/mol. The third kappa shape index (κ3) is 1.98. The van der Waals surface area contributed by atoms with E-state index < -0.39 is 30.7 Å². The lowest BCUT2D eigenvalue weighted by Gasteiger charge is -2.25. The van der Waals surface area contributed by atoms with Crippen LogP contribution >= 0.6 is 11.8 Å². The number of hydrogen-bond donors (Lipinski definition) is 0. The van der Waals surface area contributed by atoms with E-state index in [1.165, 1.54) is 16.7 Å². The first kappa shape index (κ1) is 11.6. The fourth-order valence-corrected chi connectivity index (χ4v) is 2.83. The van der Waals surface area contributed by atoms with Crippen LogP contribution in [0.25, 0.3) is 0 Å². The van der Waals surface area contributed by atoms with E-state index in [-0.39, 0.29) is 0 Å². The van der Waals surface area contributed by atoms with Crippen molar-refractivity contribution in [3.63, 3.8) is 0 Å². The normalized spacial score (nSPS) is 26.3. The van der Waals surface area contributed by atoms with Gasteiger partial charge in [0.05, 0.1) is 0 Å². The van der Waals surface area contributed by atoms with Crippen LogP contribution in [0.1, 0.15) is 0 Å². The zero-order valence-corrected chi connectivity index (χ0v) is 8.98. The van der Waals surface area contributed by atoms with Crippen molar-refractivity contribution in [1.29, 1.82) is 0 Å². The second-order valence-corrected chi connectivity index (χ2v) is 4.76. The molecule has 2 saturated heterocycles. The third-order valence-corrected chi connectivity index (χ3v) is 3.52. The number of hydrogen-bond acceptors (Lipinski definition) is 3. The first-order valence-corrected chi connectivity index (χ1v) is 5.82. The fourth-order valence-electron chi connectivity index (χ4n) is 1.79. The van der Waals surface area contributed by atoms with Crippen molar-refractivity contribution in [2.75, 3.05) is 24.6 Å². The molecule has 0 aromatic carbocycles. The van der Waals surface area contributed by atoms with Crippen molar-refractivity contribution in [3.05, 3.63) is 0 Å². The van der Waals surface area contributed by atoms with Crippen molar-refractivity contribution in [1.82, 2.24) is 9.80 Å². The first-order chi connectivity index (χ1) is 7.40. The summed E-state index contributed by atoms with van der Waals surface area (Å²) in [6.07, 6.45) is -4.53. The summed E-state index contributed by atoms with van der Waals surface area (Å²) in [5.74, 6) is 0.323. The molecule has 0 aromatic heterocycles. The summed E-state index contributed by atoms with van der Waals surface area (Å²) in [4.78, 5) is 24.7. The van der Waals surface area contributed by atoms with E-state index in [0.717, 1.165) is 0 Å². The number of carbonyl (C=O) groups excluding carboxylic acids is 2. The van der Waals surface area contributed by atoms with Gasteiger partial charge in [-0.1, -0.05) is 0 Å². The van der Waals surface area contributed by atoms with Gasteiger partial charge in [-0.2, -0.15) is 24.9 Å². The van der Waals surface area contributed by atoms with Crippen molar-refractivity contribution in [2.24, 2.45) is 0 Å². The molecule has 2 heterocycles. The van der Waals surface area contributed by atoms with Gasteiger partial charge in [-0.15, -0.1) is 0 Å². The summed E-state index contributed by atoms with van der Waals surface area (Å²) >= 11 is 1.47. The number of urea groups is 1. The number of carbonyl (C=O) groups is 2. The van der Waals surface area contributed by atoms with E-state index in [2.05, 4.69) is 0 Å². The highest BCUT2D eigenvalue weighted by Gasteiger charge is 2.49. The molecule has 0 spiro atoms. The molecule has 0 radical (unpaired) electrons. The van der Waals surface area contributed by atoms with Gasteiger partial charge >= 0.3 is 12.2 Å². The number of imide groups is 1. The maximum Gasteiger partial charge on any atom is 0.406 e. The van der Waals surface area contributed by atoms with Crippen molar-refractivity contribution in [3.8, 4) is 0 Å². The molecule has 2 rings (SSSR count). The smallest absolute Gasteiger partial charge is 0.311 e. The summed E-state index contributed by atoms with van der Waals surface area (Å²) in [7, 11) is 0. The molecule has 0 bridgehead atoms. The molecule has 2 aliphatic rings. The Hall–Kier alpha value is -0.920. The van der Waals surface area contributed by atoms with Gasteiger partial charge in [0, 0.05) is 18.1 Å². The zero-order valence-electron chi connectivity index (χ0n) is 8.16. The molecule has 90 valence electrons. The lowest BCUT2D eigenvalue weighted by atomic mass is 10.3. The maximum absolute atomic E-state index is 12.2. The van der Waals surface area contributed by atoms with E-state index in [1.54, 1.807) is 0 Å². The van der Waals surface area contributed by atoms with Crippen molar-refractivity contribution >= 4 is 23.7 Å². The molecule has 4 nitrogen and oxygen atoms in total. The van der Waals surface area contributed by atoms with E-state index in [4.69, 9.17) is 0 Å². The van der Waals surface area contributed by atoms with Gasteiger partial charge < -0.3 is 4.90 Å². The Morgan fingerprint density at radius 3 is 2.62 bits per heavy atom. The van der Waals surface area contributed by atoms with Gasteiger partial charge in [0.2, 0.25) is 0 Å². The molecule has 2 fully saturated rings. The lowest BCUT2D eigenvalue weighted by molar-refractivity contribution is -0.152. The number of fused-ring (bicyclic) bond motifs is 1. The molecule has 2 aliphatic heterocycles. The molecule has 3 amide bonds. The molecule has 16 heavy (non-hydrogen) atoms. The van der Waals surface area contributed by atoms with Crippen LogP contribution in [0, 0.1) is 0 Å².